The van der Waals surface area contributed by atoms with Gasteiger partial charge in [-0.25, -0.2) is 0 Å². The third-order valence-electron chi connectivity index (χ3n) is 2.93. The molecule has 1 aromatic carbocycles. The number of halogens is 3. The summed E-state index contributed by atoms with van der Waals surface area (Å²) < 4.78 is 0. The van der Waals surface area contributed by atoms with Crippen LogP contribution in [-0.4, -0.2) is 11.0 Å². The second-order valence-electron chi connectivity index (χ2n) is 4.60. The van der Waals surface area contributed by atoms with E-state index < -0.39 is 5.91 Å². The number of benzene rings is 1. The molecule has 0 bridgehead atoms. The van der Waals surface area contributed by atoms with E-state index in [-0.39, 0.29) is 31.7 Å². The highest BCUT2D eigenvalue weighted by Crippen LogP contribution is 2.31. The van der Waals surface area contributed by atoms with Gasteiger partial charge in [0.2, 0.25) is 0 Å². The normalized spacial score (nSPS) is 10.1. The first-order valence-electron chi connectivity index (χ1n) is 6.63. The van der Waals surface area contributed by atoms with Gasteiger partial charge in [-0.3, -0.25) is 15.6 Å². The third-order valence-corrected chi connectivity index (χ3v) is 4.34. The number of nitrogens with two attached hydrogens (primary N) is 1. The van der Waals surface area contributed by atoms with Gasteiger partial charge >= 0.3 is 5.91 Å². The number of hydrogen-bond donors (Lipinski definition) is 4. The number of hydrazine groups is 1. The predicted molar refractivity (Wildman–Crippen MR) is 98.9 cm³/mol. The number of H-pyrrole nitrogens is 1. The van der Waals surface area contributed by atoms with Crippen molar-refractivity contribution < 1.29 is 9.78 Å². The van der Waals surface area contributed by atoms with Crippen LogP contribution in [0.15, 0.2) is 30.3 Å². The molecule has 1 heterocycles. The minimum Gasteiger partial charge on any atom is -0.396 e. The van der Waals surface area contributed by atoms with Gasteiger partial charge in [0.1, 0.15) is 10.0 Å². The van der Waals surface area contributed by atoms with E-state index in [4.69, 9.17) is 52.8 Å². The molecular formula is C14H13Cl3N5OS+. The van der Waals surface area contributed by atoms with Crippen molar-refractivity contribution >= 4 is 63.7 Å². The van der Waals surface area contributed by atoms with Gasteiger partial charge in [-0.2, -0.15) is 4.98 Å². The number of aromatic amines is 1. The van der Waals surface area contributed by atoms with Crippen LogP contribution in [-0.2, 0) is 6.54 Å². The van der Waals surface area contributed by atoms with E-state index in [0.29, 0.717) is 6.54 Å². The second-order valence-corrected chi connectivity index (χ2v) is 6.15. The van der Waals surface area contributed by atoms with Crippen LogP contribution in [0.4, 0.5) is 5.69 Å². The number of carbonyl (C=O) groups excluding carboxylic acids is 1. The summed E-state index contributed by atoms with van der Waals surface area (Å²) >= 11 is 22.7. The number of nitrogen functional groups attached to an aromatic ring is 1. The molecule has 0 fully saturated rings. The molecule has 0 aliphatic rings. The Hall–Kier alpha value is -1.80. The van der Waals surface area contributed by atoms with E-state index in [0.717, 1.165) is 5.56 Å². The molecule has 6 nitrogen and oxygen atoms in total. The summed E-state index contributed by atoms with van der Waals surface area (Å²) in [4.78, 5) is 14.7. The van der Waals surface area contributed by atoms with Crippen LogP contribution in [0.1, 0.15) is 16.1 Å². The molecule has 126 valence electrons. The van der Waals surface area contributed by atoms with Crippen molar-refractivity contribution in [1.82, 2.24) is 16.2 Å². The Kier molecular flexibility index (Phi) is 6.44. The number of carbonyl (C=O) groups is 1. The molecule has 0 aliphatic heterocycles. The predicted octanol–water partition coefficient (Wildman–Crippen LogP) is 2.35. The van der Waals surface area contributed by atoms with Crippen molar-refractivity contribution in [2.24, 2.45) is 0 Å². The van der Waals surface area contributed by atoms with Gasteiger partial charge in [-0.15, -0.1) is 0 Å². The summed E-state index contributed by atoms with van der Waals surface area (Å²) in [6.07, 6.45) is 0. The van der Waals surface area contributed by atoms with Crippen molar-refractivity contribution in [2.45, 2.75) is 6.54 Å². The number of anilines is 1. The average molecular weight is 406 g/mol. The molecule has 0 saturated heterocycles. The minimum atomic E-state index is -0.603. The highest BCUT2D eigenvalue weighted by atomic mass is 35.5. The summed E-state index contributed by atoms with van der Waals surface area (Å²) in [7, 11) is 0. The number of hydrogen-bond acceptors (Lipinski definition) is 3. The maximum Gasteiger partial charge on any atom is 0.336 e. The van der Waals surface area contributed by atoms with Gasteiger partial charge in [0.15, 0.2) is 5.11 Å². The molecule has 24 heavy (non-hydrogen) atoms. The molecule has 0 atom stereocenters. The molecular weight excluding hydrogens is 393 g/mol. The molecule has 6 N–H and O–H groups in total. The molecule has 0 spiro atoms. The SMILES string of the molecule is Nc1c(Cl)c(Cl)[nH+]c(C(=O)NNC(=S)NCc2ccccc2)c1Cl. The Morgan fingerprint density at radius 3 is 2.46 bits per heavy atom. The summed E-state index contributed by atoms with van der Waals surface area (Å²) in [5.41, 5.74) is 11.6. The topological polar surface area (TPSA) is 93.3 Å². The van der Waals surface area contributed by atoms with Crippen LogP contribution in [0, 0.1) is 0 Å². The molecule has 2 aromatic rings. The molecule has 10 heteroatoms. The minimum absolute atomic E-state index is 0.00787. The van der Waals surface area contributed by atoms with Gasteiger partial charge in [0, 0.05) is 6.54 Å². The highest BCUT2D eigenvalue weighted by molar-refractivity contribution is 7.80. The van der Waals surface area contributed by atoms with Crippen LogP contribution >= 0.6 is 47.0 Å². The number of amides is 1. The zero-order chi connectivity index (χ0) is 17.7. The van der Waals surface area contributed by atoms with Crippen molar-refractivity contribution in [3.05, 3.63) is 56.8 Å². The number of rotatable bonds is 3. The fraction of sp³-hybridized carbons (Fsp3) is 0.0714. The number of thiocarbonyl (C=S) groups is 1. The Morgan fingerprint density at radius 2 is 1.79 bits per heavy atom. The van der Waals surface area contributed by atoms with E-state index in [1.165, 1.54) is 0 Å². The lowest BCUT2D eigenvalue weighted by Crippen LogP contribution is -2.47. The molecule has 1 aromatic heterocycles. The lowest BCUT2D eigenvalue weighted by molar-refractivity contribution is -0.379. The maximum atomic E-state index is 12.1. The van der Waals surface area contributed by atoms with Crippen molar-refractivity contribution in [3.63, 3.8) is 0 Å². The van der Waals surface area contributed by atoms with Crippen molar-refractivity contribution in [3.8, 4) is 0 Å². The Morgan fingerprint density at radius 1 is 1.12 bits per heavy atom. The third kappa shape index (κ3) is 4.61. The van der Waals surface area contributed by atoms with Gasteiger partial charge in [-0.1, -0.05) is 53.5 Å². The fourth-order valence-corrected chi connectivity index (χ4v) is 2.46. The van der Waals surface area contributed by atoms with Crippen molar-refractivity contribution in [2.75, 3.05) is 5.73 Å². The largest absolute Gasteiger partial charge is 0.396 e. The van der Waals surface area contributed by atoms with E-state index in [1.807, 2.05) is 30.3 Å². The maximum absolute atomic E-state index is 12.1. The zero-order valence-corrected chi connectivity index (χ0v) is 15.2. The van der Waals surface area contributed by atoms with E-state index in [9.17, 15) is 4.79 Å². The summed E-state index contributed by atoms with van der Waals surface area (Å²) in [5, 5.41) is 3.20. The van der Waals surface area contributed by atoms with Crippen LogP contribution in [0.2, 0.25) is 15.2 Å². The average Bonchev–Trinajstić information content (AvgIpc) is 2.60. The van der Waals surface area contributed by atoms with Crippen LogP contribution < -0.4 is 26.9 Å². The summed E-state index contributed by atoms with van der Waals surface area (Å²) in [6, 6.07) is 9.65. The molecule has 0 unspecified atom stereocenters. The van der Waals surface area contributed by atoms with E-state index in [1.54, 1.807) is 0 Å². The second kappa shape index (κ2) is 8.34. The van der Waals surface area contributed by atoms with Gasteiger partial charge in [0.05, 0.1) is 5.69 Å². The lowest BCUT2D eigenvalue weighted by atomic mass is 10.2. The van der Waals surface area contributed by atoms with Crippen LogP contribution in [0.25, 0.3) is 0 Å². The molecule has 0 saturated carbocycles. The van der Waals surface area contributed by atoms with Gasteiger partial charge < -0.3 is 11.1 Å². The molecule has 2 rings (SSSR count). The number of nitrogens with one attached hydrogen (secondary N) is 4. The standard InChI is InChI=1S/C14H12Cl3N5OS/c15-8-10(18)9(16)12(17)20-11(8)13(23)21-22-14(24)19-6-7-4-2-1-3-5-7/h1-5H,6H2,(H2,18,20)(H,21,23)(H2,19,22,24)/p+1. The fourth-order valence-electron chi connectivity index (χ4n) is 1.72. The number of aromatic nitrogens is 1. The lowest BCUT2D eigenvalue weighted by Gasteiger charge is -2.11. The first kappa shape index (κ1) is 18.5. The first-order chi connectivity index (χ1) is 11.4. The Labute approximate surface area is 158 Å². The number of pyridine rings is 1. The zero-order valence-electron chi connectivity index (χ0n) is 12.1. The smallest absolute Gasteiger partial charge is 0.336 e. The summed E-state index contributed by atoms with van der Waals surface area (Å²) in [5.74, 6) is -0.603. The molecule has 1 amide bonds. The molecule has 0 aliphatic carbocycles. The molecule has 0 radical (unpaired) electrons. The highest BCUT2D eigenvalue weighted by Gasteiger charge is 2.26. The Bertz CT molecular complexity index is 773. The monoisotopic (exact) mass is 404 g/mol. The van der Waals surface area contributed by atoms with Crippen LogP contribution in [0.5, 0.6) is 0 Å². The van der Waals surface area contributed by atoms with E-state index in [2.05, 4.69) is 21.2 Å². The van der Waals surface area contributed by atoms with Crippen molar-refractivity contribution in [1.29, 1.82) is 0 Å². The first-order valence-corrected chi connectivity index (χ1v) is 8.17. The van der Waals surface area contributed by atoms with Crippen LogP contribution in [0.3, 0.4) is 0 Å². The quantitative estimate of drug-likeness (QED) is 0.357. The van der Waals surface area contributed by atoms with Gasteiger partial charge in [0.25, 0.3) is 10.8 Å². The van der Waals surface area contributed by atoms with Gasteiger partial charge in [-0.05, 0) is 29.4 Å². The summed E-state index contributed by atoms with van der Waals surface area (Å²) in [6.45, 7) is 0.509. The van der Waals surface area contributed by atoms with E-state index >= 15 is 0 Å². The Balaban J connectivity index is 1.92.